The lowest BCUT2D eigenvalue weighted by Gasteiger charge is -2.22. The van der Waals surface area contributed by atoms with Crippen LogP contribution < -0.4 is 5.32 Å². The second kappa shape index (κ2) is 6.80. The van der Waals surface area contributed by atoms with Crippen molar-refractivity contribution in [3.8, 4) is 6.07 Å². The van der Waals surface area contributed by atoms with Crippen LogP contribution in [0.15, 0.2) is 0 Å². The van der Waals surface area contributed by atoms with Gasteiger partial charge in [-0.1, -0.05) is 13.8 Å². The van der Waals surface area contributed by atoms with E-state index in [0.717, 1.165) is 24.6 Å². The molecule has 1 atom stereocenters. The number of carbonyl (C=O) groups excluding carboxylic acids is 1. The number of rotatable bonds is 6. The number of carboxylic acid groups (broad SMARTS) is 1. The normalized spacial score (nSPS) is 18.8. The van der Waals surface area contributed by atoms with Crippen molar-refractivity contribution in [3.63, 3.8) is 0 Å². The number of hydrogen-bond acceptors (Lipinski definition) is 4. The van der Waals surface area contributed by atoms with Crippen LogP contribution in [0.2, 0.25) is 0 Å². The van der Waals surface area contributed by atoms with Crippen LogP contribution in [0.4, 0.5) is 0 Å². The van der Waals surface area contributed by atoms with Gasteiger partial charge >= 0.3 is 5.97 Å². The zero-order chi connectivity index (χ0) is 14.5. The Morgan fingerprint density at radius 2 is 2.00 bits per heavy atom. The van der Waals surface area contributed by atoms with E-state index in [2.05, 4.69) is 11.4 Å². The van der Waals surface area contributed by atoms with Crippen molar-refractivity contribution in [2.24, 2.45) is 5.92 Å². The molecule has 1 fully saturated rings. The second-order valence-electron chi connectivity index (χ2n) is 5.26. The van der Waals surface area contributed by atoms with Gasteiger partial charge < -0.3 is 10.4 Å². The largest absolute Gasteiger partial charge is 0.480 e. The molecule has 1 saturated carbocycles. The summed E-state index contributed by atoms with van der Waals surface area (Å²) in [6.45, 7) is 3.63. The van der Waals surface area contributed by atoms with Gasteiger partial charge in [-0.05, 0) is 31.6 Å². The first-order chi connectivity index (χ1) is 8.90. The average molecular weight is 284 g/mol. The first-order valence-electron chi connectivity index (χ1n) is 6.47. The molecule has 2 N–H and O–H groups in total. The molecule has 1 amide bonds. The molecule has 5 nitrogen and oxygen atoms in total. The van der Waals surface area contributed by atoms with Crippen LogP contribution in [-0.4, -0.2) is 33.5 Å². The third-order valence-corrected chi connectivity index (χ3v) is 4.83. The first-order valence-corrected chi connectivity index (χ1v) is 7.52. The molecule has 0 aromatic rings. The SMILES string of the molecule is CC(C)C(SCC(=O)NC1(C#N)CCCC1)C(=O)O. The molecule has 0 spiro atoms. The van der Waals surface area contributed by atoms with Crippen molar-refractivity contribution in [3.05, 3.63) is 0 Å². The fraction of sp³-hybridized carbons (Fsp3) is 0.769. The lowest BCUT2D eigenvalue weighted by Crippen LogP contribution is -2.46. The van der Waals surface area contributed by atoms with Crippen LogP contribution >= 0.6 is 11.8 Å². The predicted octanol–water partition coefficient (Wildman–Crippen LogP) is 1.78. The molecule has 0 radical (unpaired) electrons. The van der Waals surface area contributed by atoms with Crippen LogP contribution in [0.25, 0.3) is 0 Å². The Hall–Kier alpha value is -1.22. The number of thioether (sulfide) groups is 1. The molecule has 106 valence electrons. The summed E-state index contributed by atoms with van der Waals surface area (Å²) in [5, 5.41) is 20.4. The highest BCUT2D eigenvalue weighted by Gasteiger charge is 2.35. The minimum Gasteiger partial charge on any atom is -0.480 e. The highest BCUT2D eigenvalue weighted by atomic mass is 32.2. The third kappa shape index (κ3) is 4.43. The number of carboxylic acids is 1. The Labute approximate surface area is 117 Å². The molecule has 1 aliphatic rings. The van der Waals surface area contributed by atoms with Crippen molar-refractivity contribution >= 4 is 23.6 Å². The van der Waals surface area contributed by atoms with E-state index in [0.29, 0.717) is 12.8 Å². The summed E-state index contributed by atoms with van der Waals surface area (Å²) >= 11 is 1.12. The summed E-state index contributed by atoms with van der Waals surface area (Å²) < 4.78 is 0. The summed E-state index contributed by atoms with van der Waals surface area (Å²) in [4.78, 5) is 22.8. The summed E-state index contributed by atoms with van der Waals surface area (Å²) in [6.07, 6.45) is 3.27. The van der Waals surface area contributed by atoms with E-state index in [1.165, 1.54) is 0 Å². The Bertz CT molecular complexity index is 384. The van der Waals surface area contributed by atoms with Gasteiger partial charge in [0.1, 0.15) is 10.8 Å². The van der Waals surface area contributed by atoms with Crippen LogP contribution in [0.3, 0.4) is 0 Å². The molecule has 1 unspecified atom stereocenters. The van der Waals surface area contributed by atoms with Gasteiger partial charge in [0.05, 0.1) is 11.8 Å². The monoisotopic (exact) mass is 284 g/mol. The fourth-order valence-electron chi connectivity index (χ4n) is 2.26. The minimum atomic E-state index is -0.899. The van der Waals surface area contributed by atoms with Gasteiger partial charge in [-0.25, -0.2) is 0 Å². The van der Waals surface area contributed by atoms with Gasteiger partial charge in [0.25, 0.3) is 0 Å². The first kappa shape index (κ1) is 15.8. The van der Waals surface area contributed by atoms with E-state index in [1.54, 1.807) is 0 Å². The van der Waals surface area contributed by atoms with Crippen molar-refractivity contribution in [2.75, 3.05) is 5.75 Å². The quantitative estimate of drug-likeness (QED) is 0.776. The Balaban J connectivity index is 2.47. The lowest BCUT2D eigenvalue weighted by atomic mass is 10.0. The third-order valence-electron chi connectivity index (χ3n) is 3.29. The van der Waals surface area contributed by atoms with Crippen LogP contribution in [0.5, 0.6) is 0 Å². The van der Waals surface area contributed by atoms with E-state index in [1.807, 2.05) is 13.8 Å². The van der Waals surface area contributed by atoms with Crippen molar-refractivity contribution < 1.29 is 14.7 Å². The molecule has 1 aliphatic carbocycles. The molecule has 0 bridgehead atoms. The molecule has 6 heteroatoms. The van der Waals surface area contributed by atoms with Crippen LogP contribution in [0.1, 0.15) is 39.5 Å². The number of amides is 1. The average Bonchev–Trinajstić information content (AvgIpc) is 2.77. The molecule has 0 aliphatic heterocycles. The molecule has 0 saturated heterocycles. The Morgan fingerprint density at radius 1 is 1.42 bits per heavy atom. The van der Waals surface area contributed by atoms with Gasteiger partial charge in [-0.3, -0.25) is 9.59 Å². The molecule has 0 aromatic carbocycles. The molecular weight excluding hydrogens is 264 g/mol. The zero-order valence-corrected chi connectivity index (χ0v) is 12.1. The van der Waals surface area contributed by atoms with Gasteiger partial charge in [0, 0.05) is 0 Å². The molecule has 0 aromatic heterocycles. The van der Waals surface area contributed by atoms with E-state index in [9.17, 15) is 9.59 Å². The number of nitrogens with one attached hydrogen (secondary N) is 1. The number of hydrogen-bond donors (Lipinski definition) is 2. The van der Waals surface area contributed by atoms with Crippen LogP contribution in [0, 0.1) is 17.2 Å². The van der Waals surface area contributed by atoms with Gasteiger partial charge in [-0.15, -0.1) is 11.8 Å². The van der Waals surface area contributed by atoms with Crippen molar-refractivity contribution in [1.29, 1.82) is 5.26 Å². The fourth-order valence-corrected chi connectivity index (χ4v) is 3.19. The Morgan fingerprint density at radius 3 is 2.42 bits per heavy atom. The van der Waals surface area contributed by atoms with Crippen LogP contribution in [-0.2, 0) is 9.59 Å². The van der Waals surface area contributed by atoms with Gasteiger partial charge in [-0.2, -0.15) is 5.26 Å². The maximum Gasteiger partial charge on any atom is 0.316 e. The Kier molecular flexibility index (Phi) is 5.67. The molecule has 1 rings (SSSR count). The number of carbonyl (C=O) groups is 2. The number of nitrogens with zero attached hydrogens (tertiary/aromatic N) is 1. The highest BCUT2D eigenvalue weighted by molar-refractivity contribution is 8.01. The van der Waals surface area contributed by atoms with E-state index in [4.69, 9.17) is 10.4 Å². The summed E-state index contributed by atoms with van der Waals surface area (Å²) in [7, 11) is 0. The molecular formula is C13H20N2O3S. The zero-order valence-electron chi connectivity index (χ0n) is 11.3. The van der Waals surface area contributed by atoms with E-state index >= 15 is 0 Å². The maximum atomic E-state index is 11.8. The lowest BCUT2D eigenvalue weighted by molar-refractivity contribution is -0.137. The van der Waals surface area contributed by atoms with E-state index in [-0.39, 0.29) is 17.6 Å². The van der Waals surface area contributed by atoms with Crippen molar-refractivity contribution in [2.45, 2.75) is 50.3 Å². The molecule has 0 heterocycles. The highest BCUT2D eigenvalue weighted by Crippen LogP contribution is 2.29. The number of aliphatic carboxylic acids is 1. The maximum absolute atomic E-state index is 11.8. The van der Waals surface area contributed by atoms with Crippen molar-refractivity contribution in [1.82, 2.24) is 5.32 Å². The minimum absolute atomic E-state index is 0.0355. The summed E-state index contributed by atoms with van der Waals surface area (Å²) in [6, 6.07) is 2.18. The predicted molar refractivity (Wildman–Crippen MR) is 73.7 cm³/mol. The van der Waals surface area contributed by atoms with Gasteiger partial charge in [0.15, 0.2) is 0 Å². The molecule has 19 heavy (non-hydrogen) atoms. The summed E-state index contributed by atoms with van der Waals surface area (Å²) in [5.41, 5.74) is -0.728. The topological polar surface area (TPSA) is 90.2 Å². The van der Waals surface area contributed by atoms with E-state index < -0.39 is 16.8 Å². The number of nitriles is 1. The van der Waals surface area contributed by atoms with Gasteiger partial charge in [0.2, 0.25) is 5.91 Å². The second-order valence-corrected chi connectivity index (χ2v) is 6.39. The smallest absolute Gasteiger partial charge is 0.316 e. The standard InChI is InChI=1S/C13H20N2O3S/c1-9(2)11(12(17)18)19-7-10(16)15-13(8-14)5-3-4-6-13/h9,11H,3-7H2,1-2H3,(H,15,16)(H,17,18). The summed E-state index contributed by atoms with van der Waals surface area (Å²) in [5.74, 6) is -1.10.